The number of carbonyl (C=O) groups is 1. The highest BCUT2D eigenvalue weighted by Gasteiger charge is 2.35. The highest BCUT2D eigenvalue weighted by atomic mass is 16.5. The van der Waals surface area contributed by atoms with Crippen molar-refractivity contribution in [2.24, 2.45) is 11.7 Å². The summed E-state index contributed by atoms with van der Waals surface area (Å²) in [5.74, 6) is 1.32. The van der Waals surface area contributed by atoms with Crippen LogP contribution < -0.4 is 10.5 Å². The molecule has 4 rings (SSSR count). The zero-order chi connectivity index (χ0) is 20.1. The molecular weight excluding hydrogens is 362 g/mol. The molecule has 0 radical (unpaired) electrons. The highest BCUT2D eigenvalue weighted by Crippen LogP contribution is 2.33. The Morgan fingerprint density at radius 1 is 1.00 bits per heavy atom. The highest BCUT2D eigenvalue weighted by molar-refractivity contribution is 5.94. The van der Waals surface area contributed by atoms with Crippen LogP contribution in [0.15, 0.2) is 79.0 Å². The van der Waals surface area contributed by atoms with Crippen molar-refractivity contribution in [3.8, 4) is 5.75 Å². The number of likely N-dealkylation sites (tertiary alicyclic amines) is 1. The number of hydrogen-bond acceptors (Lipinski definition) is 4. The van der Waals surface area contributed by atoms with Gasteiger partial charge in [0.2, 0.25) is 0 Å². The molecule has 29 heavy (non-hydrogen) atoms. The third-order valence-electron chi connectivity index (χ3n) is 5.47. The van der Waals surface area contributed by atoms with Crippen molar-refractivity contribution < 1.29 is 9.53 Å². The molecule has 0 aliphatic carbocycles. The molecule has 0 bridgehead atoms. The first kappa shape index (κ1) is 19.2. The molecule has 1 amide bonds. The second-order valence-electron chi connectivity index (χ2n) is 7.36. The maximum absolute atomic E-state index is 13.0. The van der Waals surface area contributed by atoms with Crippen molar-refractivity contribution in [3.05, 3.63) is 95.8 Å². The first-order chi connectivity index (χ1) is 14.2. The first-order valence-electron chi connectivity index (χ1n) is 9.91. The van der Waals surface area contributed by atoms with Gasteiger partial charge in [0.15, 0.2) is 0 Å². The molecule has 5 nitrogen and oxygen atoms in total. The standard InChI is InChI=1S/C24H25N3O2/c25-14-20-15-27(16-23(20)18-6-2-1-3-7-18)24(28)19-9-11-22(12-10-19)29-17-21-8-4-5-13-26-21/h1-13,20,23H,14-17,25H2/t20-,23+/m1/s1. The molecule has 1 aliphatic heterocycles. The van der Waals surface area contributed by atoms with E-state index < -0.39 is 0 Å². The molecule has 0 saturated carbocycles. The lowest BCUT2D eigenvalue weighted by atomic mass is 9.89. The molecule has 1 fully saturated rings. The molecule has 0 unspecified atom stereocenters. The van der Waals surface area contributed by atoms with Crippen LogP contribution in [-0.4, -0.2) is 35.4 Å². The Morgan fingerprint density at radius 2 is 1.76 bits per heavy atom. The summed E-state index contributed by atoms with van der Waals surface area (Å²) in [7, 11) is 0. The number of hydrogen-bond donors (Lipinski definition) is 1. The molecule has 1 aliphatic rings. The number of carbonyl (C=O) groups excluding carboxylic acids is 1. The number of ether oxygens (including phenoxy) is 1. The van der Waals surface area contributed by atoms with Gasteiger partial charge in [0, 0.05) is 30.8 Å². The van der Waals surface area contributed by atoms with Gasteiger partial charge >= 0.3 is 0 Å². The molecule has 3 aromatic rings. The Bertz CT molecular complexity index is 929. The summed E-state index contributed by atoms with van der Waals surface area (Å²) >= 11 is 0. The van der Waals surface area contributed by atoms with Crippen LogP contribution in [-0.2, 0) is 6.61 Å². The van der Waals surface area contributed by atoms with Gasteiger partial charge in [-0.05, 0) is 54.4 Å². The van der Waals surface area contributed by atoms with Crippen molar-refractivity contribution in [1.29, 1.82) is 0 Å². The van der Waals surface area contributed by atoms with Crippen molar-refractivity contribution in [2.45, 2.75) is 12.5 Å². The molecule has 2 aromatic carbocycles. The second kappa shape index (κ2) is 8.88. The summed E-state index contributed by atoms with van der Waals surface area (Å²) in [6, 6.07) is 23.4. The van der Waals surface area contributed by atoms with Gasteiger partial charge in [0.25, 0.3) is 5.91 Å². The zero-order valence-corrected chi connectivity index (χ0v) is 16.3. The number of rotatable bonds is 6. The van der Waals surface area contributed by atoms with E-state index in [0.717, 1.165) is 11.4 Å². The van der Waals surface area contributed by atoms with Crippen LogP contribution in [0.5, 0.6) is 5.75 Å². The lowest BCUT2D eigenvalue weighted by molar-refractivity contribution is 0.0786. The third-order valence-corrected chi connectivity index (χ3v) is 5.47. The fourth-order valence-corrected chi connectivity index (χ4v) is 3.87. The van der Waals surface area contributed by atoms with E-state index in [1.807, 2.05) is 65.6 Å². The first-order valence-corrected chi connectivity index (χ1v) is 9.91. The molecular formula is C24H25N3O2. The Kier molecular flexibility index (Phi) is 5.86. The van der Waals surface area contributed by atoms with Gasteiger partial charge in [-0.3, -0.25) is 9.78 Å². The third kappa shape index (κ3) is 4.46. The van der Waals surface area contributed by atoms with Crippen molar-refractivity contribution in [2.75, 3.05) is 19.6 Å². The molecule has 1 saturated heterocycles. The fourth-order valence-electron chi connectivity index (χ4n) is 3.87. The topological polar surface area (TPSA) is 68.5 Å². The summed E-state index contributed by atoms with van der Waals surface area (Å²) in [6.07, 6.45) is 1.74. The fraction of sp³-hybridized carbons (Fsp3) is 0.250. The van der Waals surface area contributed by atoms with Gasteiger partial charge in [-0.2, -0.15) is 0 Å². The van der Waals surface area contributed by atoms with Gasteiger partial charge in [-0.15, -0.1) is 0 Å². The number of benzene rings is 2. The summed E-state index contributed by atoms with van der Waals surface area (Å²) in [4.78, 5) is 19.2. The maximum atomic E-state index is 13.0. The monoisotopic (exact) mass is 387 g/mol. The number of nitrogens with zero attached hydrogens (tertiary/aromatic N) is 2. The van der Waals surface area contributed by atoms with E-state index in [1.165, 1.54) is 5.56 Å². The minimum absolute atomic E-state index is 0.0400. The van der Waals surface area contributed by atoms with E-state index in [1.54, 1.807) is 6.20 Å². The van der Waals surface area contributed by atoms with Crippen LogP contribution in [0, 0.1) is 5.92 Å². The molecule has 148 valence electrons. The van der Waals surface area contributed by atoms with Gasteiger partial charge in [0.1, 0.15) is 12.4 Å². The Morgan fingerprint density at radius 3 is 2.45 bits per heavy atom. The van der Waals surface area contributed by atoms with Gasteiger partial charge < -0.3 is 15.4 Å². The van der Waals surface area contributed by atoms with E-state index in [4.69, 9.17) is 10.5 Å². The van der Waals surface area contributed by atoms with Gasteiger partial charge in [-0.1, -0.05) is 36.4 Å². The Hall–Kier alpha value is -3.18. The van der Waals surface area contributed by atoms with E-state index in [0.29, 0.717) is 31.8 Å². The number of amides is 1. The lowest BCUT2D eigenvalue weighted by Crippen LogP contribution is -2.29. The normalized spacial score (nSPS) is 18.6. The van der Waals surface area contributed by atoms with Crippen molar-refractivity contribution >= 4 is 5.91 Å². The summed E-state index contributed by atoms with van der Waals surface area (Å²) in [5.41, 5.74) is 8.78. The largest absolute Gasteiger partial charge is 0.487 e. The maximum Gasteiger partial charge on any atom is 0.253 e. The van der Waals surface area contributed by atoms with E-state index in [9.17, 15) is 4.79 Å². The van der Waals surface area contributed by atoms with Gasteiger partial charge in [-0.25, -0.2) is 0 Å². The molecule has 5 heteroatoms. The Balaban J connectivity index is 1.40. The number of aromatic nitrogens is 1. The minimum Gasteiger partial charge on any atom is -0.487 e. The van der Waals surface area contributed by atoms with E-state index in [-0.39, 0.29) is 17.7 Å². The molecule has 1 aromatic heterocycles. The molecule has 2 heterocycles. The smallest absolute Gasteiger partial charge is 0.253 e. The predicted octanol–water partition coefficient (Wildman–Crippen LogP) is 3.48. The SMILES string of the molecule is NC[C@@H]1CN(C(=O)c2ccc(OCc3ccccn3)cc2)C[C@H]1c1ccccc1. The minimum atomic E-state index is 0.0400. The van der Waals surface area contributed by atoms with Crippen LogP contribution in [0.2, 0.25) is 0 Å². The second-order valence-corrected chi connectivity index (χ2v) is 7.36. The number of pyridine rings is 1. The Labute approximate surface area is 171 Å². The summed E-state index contributed by atoms with van der Waals surface area (Å²) in [6.45, 7) is 2.36. The van der Waals surface area contributed by atoms with Crippen molar-refractivity contribution in [1.82, 2.24) is 9.88 Å². The molecule has 2 atom stereocenters. The zero-order valence-electron chi connectivity index (χ0n) is 16.3. The van der Waals surface area contributed by atoms with Gasteiger partial charge in [0.05, 0.1) is 5.69 Å². The van der Waals surface area contributed by atoms with E-state index >= 15 is 0 Å². The van der Waals surface area contributed by atoms with Crippen LogP contribution in [0.4, 0.5) is 0 Å². The average molecular weight is 387 g/mol. The summed E-state index contributed by atoms with van der Waals surface area (Å²) in [5, 5.41) is 0. The van der Waals surface area contributed by atoms with Crippen molar-refractivity contribution in [3.63, 3.8) is 0 Å². The molecule has 0 spiro atoms. The van der Waals surface area contributed by atoms with Crippen LogP contribution in [0.3, 0.4) is 0 Å². The van der Waals surface area contributed by atoms with Crippen LogP contribution >= 0.6 is 0 Å². The summed E-state index contributed by atoms with van der Waals surface area (Å²) < 4.78 is 5.76. The number of nitrogens with two attached hydrogens (primary N) is 1. The van der Waals surface area contributed by atoms with Crippen LogP contribution in [0.25, 0.3) is 0 Å². The van der Waals surface area contributed by atoms with E-state index in [2.05, 4.69) is 17.1 Å². The average Bonchev–Trinajstić information content (AvgIpc) is 3.23. The lowest BCUT2D eigenvalue weighted by Gasteiger charge is -2.17. The quantitative estimate of drug-likeness (QED) is 0.703. The predicted molar refractivity (Wildman–Crippen MR) is 113 cm³/mol. The van der Waals surface area contributed by atoms with Crippen LogP contribution in [0.1, 0.15) is 27.5 Å². The molecule has 2 N–H and O–H groups in total.